The summed E-state index contributed by atoms with van der Waals surface area (Å²) >= 11 is 0. The van der Waals surface area contributed by atoms with Crippen molar-refractivity contribution in [2.45, 2.75) is 19.1 Å². The lowest BCUT2D eigenvalue weighted by atomic mass is 10.1. The molecule has 5 nitrogen and oxygen atoms in total. The summed E-state index contributed by atoms with van der Waals surface area (Å²) in [4.78, 5) is 15.0. The SMILES string of the molecule is O=C(C[NH+]1CC[NH+](Cc2ccc3c(c2)CCO3)CC1)Nc1ccc(C(F)(F)F)cc1. The second kappa shape index (κ2) is 8.65. The van der Waals surface area contributed by atoms with Gasteiger partial charge in [0.2, 0.25) is 0 Å². The van der Waals surface area contributed by atoms with Gasteiger partial charge in [0, 0.05) is 17.7 Å². The Morgan fingerprint density at radius 1 is 1.00 bits per heavy atom. The minimum atomic E-state index is -4.37. The topological polar surface area (TPSA) is 47.2 Å². The molecule has 30 heavy (non-hydrogen) atoms. The van der Waals surface area contributed by atoms with Crippen LogP contribution in [0.25, 0.3) is 0 Å². The van der Waals surface area contributed by atoms with Crippen molar-refractivity contribution in [3.63, 3.8) is 0 Å². The molecule has 2 heterocycles. The van der Waals surface area contributed by atoms with Crippen LogP contribution in [0, 0.1) is 0 Å². The number of benzene rings is 2. The average molecular weight is 421 g/mol. The predicted molar refractivity (Wildman–Crippen MR) is 106 cm³/mol. The first-order valence-electron chi connectivity index (χ1n) is 10.3. The number of amides is 1. The van der Waals surface area contributed by atoms with E-state index in [0.29, 0.717) is 12.2 Å². The van der Waals surface area contributed by atoms with E-state index < -0.39 is 11.7 Å². The van der Waals surface area contributed by atoms with Crippen LogP contribution in [0.15, 0.2) is 42.5 Å². The van der Waals surface area contributed by atoms with Gasteiger partial charge >= 0.3 is 6.18 Å². The number of carbonyl (C=O) groups excluding carboxylic acids is 1. The second-order valence-corrected chi connectivity index (χ2v) is 8.02. The molecule has 4 rings (SSSR count). The number of carbonyl (C=O) groups is 1. The summed E-state index contributed by atoms with van der Waals surface area (Å²) in [5, 5.41) is 2.70. The Morgan fingerprint density at radius 2 is 1.70 bits per heavy atom. The molecule has 2 aliphatic rings. The number of nitrogens with one attached hydrogen (secondary N) is 3. The van der Waals surface area contributed by atoms with E-state index in [-0.39, 0.29) is 5.91 Å². The Morgan fingerprint density at radius 3 is 2.40 bits per heavy atom. The maximum atomic E-state index is 12.6. The maximum absolute atomic E-state index is 12.6. The van der Waals surface area contributed by atoms with Crippen molar-refractivity contribution in [3.05, 3.63) is 59.2 Å². The van der Waals surface area contributed by atoms with E-state index in [1.54, 1.807) is 0 Å². The fourth-order valence-electron chi connectivity index (χ4n) is 4.12. The molecule has 1 saturated heterocycles. The summed E-state index contributed by atoms with van der Waals surface area (Å²) in [6.07, 6.45) is -3.40. The number of fused-ring (bicyclic) bond motifs is 1. The molecule has 2 aromatic carbocycles. The zero-order valence-corrected chi connectivity index (χ0v) is 16.6. The zero-order valence-electron chi connectivity index (χ0n) is 16.6. The van der Waals surface area contributed by atoms with Gasteiger partial charge < -0.3 is 19.9 Å². The standard InChI is InChI=1S/C22H24F3N3O2/c23-22(24,25)18-2-4-19(5-3-18)26-21(29)15-28-10-8-27(9-11-28)14-16-1-6-20-17(13-16)7-12-30-20/h1-6,13H,7-12,14-15H2,(H,26,29)/p+2. The Bertz CT molecular complexity index is 891. The van der Waals surface area contributed by atoms with Crippen molar-refractivity contribution in [1.29, 1.82) is 0 Å². The van der Waals surface area contributed by atoms with E-state index in [0.717, 1.165) is 63.6 Å². The number of hydrogen-bond donors (Lipinski definition) is 3. The molecule has 1 amide bonds. The summed E-state index contributed by atoms with van der Waals surface area (Å²) in [5.74, 6) is 0.828. The molecule has 0 unspecified atom stereocenters. The van der Waals surface area contributed by atoms with Gasteiger partial charge in [-0.05, 0) is 48.0 Å². The zero-order chi connectivity index (χ0) is 21.1. The highest BCUT2D eigenvalue weighted by Gasteiger charge is 2.30. The van der Waals surface area contributed by atoms with Crippen molar-refractivity contribution in [2.75, 3.05) is 44.6 Å². The largest absolute Gasteiger partial charge is 0.493 e. The number of hydrogen-bond acceptors (Lipinski definition) is 2. The number of alkyl halides is 3. The van der Waals surface area contributed by atoms with Crippen molar-refractivity contribution >= 4 is 11.6 Å². The van der Waals surface area contributed by atoms with Crippen molar-refractivity contribution in [2.24, 2.45) is 0 Å². The lowest BCUT2D eigenvalue weighted by Crippen LogP contribution is -3.28. The molecule has 8 heteroatoms. The number of halogens is 3. The quantitative estimate of drug-likeness (QED) is 0.661. The van der Waals surface area contributed by atoms with Gasteiger partial charge in [-0.2, -0.15) is 13.2 Å². The molecule has 0 aromatic heterocycles. The van der Waals surface area contributed by atoms with Crippen LogP contribution in [0.5, 0.6) is 5.75 Å². The van der Waals surface area contributed by atoms with E-state index in [1.807, 2.05) is 0 Å². The smallest absolute Gasteiger partial charge is 0.416 e. The van der Waals surface area contributed by atoms with Crippen LogP contribution in [-0.4, -0.2) is 45.2 Å². The number of anilines is 1. The minimum Gasteiger partial charge on any atom is -0.493 e. The van der Waals surface area contributed by atoms with Crippen LogP contribution in [0.2, 0.25) is 0 Å². The van der Waals surface area contributed by atoms with E-state index in [1.165, 1.54) is 33.1 Å². The highest BCUT2D eigenvalue weighted by molar-refractivity contribution is 5.91. The first-order chi connectivity index (χ1) is 14.4. The highest BCUT2D eigenvalue weighted by Crippen LogP contribution is 2.29. The van der Waals surface area contributed by atoms with Crippen molar-refractivity contribution in [1.82, 2.24) is 0 Å². The van der Waals surface area contributed by atoms with E-state index in [2.05, 4.69) is 23.5 Å². The molecule has 0 spiro atoms. The molecule has 0 aliphatic carbocycles. The summed E-state index contributed by atoms with van der Waals surface area (Å²) < 4.78 is 43.4. The average Bonchev–Trinajstić information content (AvgIpc) is 3.17. The third-order valence-corrected chi connectivity index (χ3v) is 5.78. The molecule has 160 valence electrons. The summed E-state index contributed by atoms with van der Waals surface area (Å²) in [6.45, 7) is 5.81. The van der Waals surface area contributed by atoms with Gasteiger partial charge in [-0.25, -0.2) is 0 Å². The van der Waals surface area contributed by atoms with Gasteiger partial charge in [-0.1, -0.05) is 0 Å². The molecule has 2 aromatic rings. The fourth-order valence-corrected chi connectivity index (χ4v) is 4.12. The molecular weight excluding hydrogens is 395 g/mol. The lowest BCUT2D eigenvalue weighted by molar-refractivity contribution is -1.02. The van der Waals surface area contributed by atoms with Crippen LogP contribution < -0.4 is 19.9 Å². The van der Waals surface area contributed by atoms with Gasteiger partial charge in [0.15, 0.2) is 6.54 Å². The molecular formula is C22H26F3N3O2+2. The van der Waals surface area contributed by atoms with Crippen LogP contribution in [-0.2, 0) is 23.9 Å². The number of piperazine rings is 1. The lowest BCUT2D eigenvalue weighted by Gasteiger charge is -2.29. The van der Waals surface area contributed by atoms with E-state index in [9.17, 15) is 18.0 Å². The molecule has 2 aliphatic heterocycles. The minimum absolute atomic E-state index is 0.174. The maximum Gasteiger partial charge on any atom is 0.416 e. The second-order valence-electron chi connectivity index (χ2n) is 8.02. The molecule has 0 radical (unpaired) electrons. The van der Waals surface area contributed by atoms with Crippen LogP contribution in [0.4, 0.5) is 18.9 Å². The Labute approximate surface area is 173 Å². The summed E-state index contributed by atoms with van der Waals surface area (Å²) in [6, 6.07) is 11.0. The van der Waals surface area contributed by atoms with E-state index >= 15 is 0 Å². The number of quaternary nitrogens is 2. The summed E-state index contributed by atoms with van der Waals surface area (Å²) in [7, 11) is 0. The fraction of sp³-hybridized carbons (Fsp3) is 0.409. The Hall–Kier alpha value is -2.58. The van der Waals surface area contributed by atoms with Crippen molar-refractivity contribution in [3.8, 4) is 5.75 Å². The third kappa shape index (κ3) is 5.12. The number of rotatable bonds is 5. The summed E-state index contributed by atoms with van der Waals surface area (Å²) in [5.41, 5.74) is 2.27. The van der Waals surface area contributed by atoms with Gasteiger partial charge in [-0.15, -0.1) is 0 Å². The number of ether oxygens (including phenoxy) is 1. The van der Waals surface area contributed by atoms with Gasteiger partial charge in [-0.3, -0.25) is 4.79 Å². The van der Waals surface area contributed by atoms with Crippen LogP contribution in [0.1, 0.15) is 16.7 Å². The molecule has 1 fully saturated rings. The first-order valence-corrected chi connectivity index (χ1v) is 10.3. The van der Waals surface area contributed by atoms with Crippen LogP contribution >= 0.6 is 0 Å². The predicted octanol–water partition coefficient (Wildman–Crippen LogP) is 0.562. The van der Waals surface area contributed by atoms with Crippen molar-refractivity contribution < 1.29 is 32.5 Å². The van der Waals surface area contributed by atoms with E-state index in [4.69, 9.17) is 4.74 Å². The van der Waals surface area contributed by atoms with Gasteiger partial charge in [0.1, 0.15) is 38.5 Å². The van der Waals surface area contributed by atoms with Crippen LogP contribution in [0.3, 0.4) is 0 Å². The monoisotopic (exact) mass is 421 g/mol. The highest BCUT2D eigenvalue weighted by atomic mass is 19.4. The first kappa shape index (κ1) is 20.7. The normalized spacial score (nSPS) is 21.0. The van der Waals surface area contributed by atoms with Gasteiger partial charge in [0.25, 0.3) is 5.91 Å². The Kier molecular flexibility index (Phi) is 5.97. The molecule has 3 N–H and O–H groups in total. The Balaban J connectivity index is 1.22. The third-order valence-electron chi connectivity index (χ3n) is 5.78. The molecule has 0 bridgehead atoms. The molecule has 0 saturated carbocycles. The van der Waals surface area contributed by atoms with Gasteiger partial charge in [0.05, 0.1) is 12.2 Å². The molecule has 0 atom stereocenters.